The van der Waals surface area contributed by atoms with E-state index in [1.807, 2.05) is 0 Å². The Hall–Kier alpha value is -3.38. The summed E-state index contributed by atoms with van der Waals surface area (Å²) in [4.78, 5) is 27.3. The zero-order valence-corrected chi connectivity index (χ0v) is 18.0. The van der Waals surface area contributed by atoms with Crippen LogP contribution >= 0.6 is 23.7 Å². The summed E-state index contributed by atoms with van der Waals surface area (Å²) in [7, 11) is 1.71. The molecule has 1 heterocycles. The van der Waals surface area contributed by atoms with Crippen LogP contribution in [0.4, 0.5) is 30.2 Å². The third-order valence-electron chi connectivity index (χ3n) is 4.02. The Balaban J connectivity index is 0.00000363. The Morgan fingerprint density at radius 3 is 2.38 bits per heavy atom. The van der Waals surface area contributed by atoms with Crippen molar-refractivity contribution in [3.63, 3.8) is 0 Å². The van der Waals surface area contributed by atoms with E-state index in [0.717, 1.165) is 0 Å². The van der Waals surface area contributed by atoms with Crippen LogP contribution in [0.25, 0.3) is 0 Å². The highest BCUT2D eigenvalue weighted by molar-refractivity contribution is 7.07. The molecule has 0 radical (unpaired) electrons. The van der Waals surface area contributed by atoms with Gasteiger partial charge in [0.1, 0.15) is 5.75 Å². The molecular weight excluding hydrogens is 473 g/mol. The number of nitro benzene ring substituents is 1. The summed E-state index contributed by atoms with van der Waals surface area (Å²) in [6.07, 6.45) is -4.72. The van der Waals surface area contributed by atoms with Gasteiger partial charge in [0.15, 0.2) is 4.80 Å². The number of hydrogen-bond acceptors (Lipinski definition) is 6. The normalized spacial score (nSPS) is 11.6. The molecule has 8 nitrogen and oxygen atoms in total. The average Bonchev–Trinajstić information content (AvgIpc) is 3.02. The van der Waals surface area contributed by atoms with Crippen LogP contribution in [0.15, 0.2) is 58.9 Å². The van der Waals surface area contributed by atoms with E-state index in [4.69, 9.17) is 0 Å². The number of non-ortho nitro benzene ring substituents is 1. The predicted octanol–water partition coefficient (Wildman–Crippen LogP) is 4.73. The van der Waals surface area contributed by atoms with E-state index in [9.17, 15) is 28.1 Å². The van der Waals surface area contributed by atoms with E-state index >= 15 is 0 Å². The molecule has 0 fully saturated rings. The van der Waals surface area contributed by atoms with Crippen LogP contribution in [-0.4, -0.2) is 21.8 Å². The molecule has 2 aromatic carbocycles. The van der Waals surface area contributed by atoms with E-state index in [1.54, 1.807) is 17.0 Å². The molecule has 170 valence electrons. The van der Waals surface area contributed by atoms with E-state index in [0.29, 0.717) is 21.9 Å². The fourth-order valence-corrected chi connectivity index (χ4v) is 3.45. The van der Waals surface area contributed by atoms with Gasteiger partial charge in [0.2, 0.25) is 5.91 Å². The first-order valence-corrected chi connectivity index (χ1v) is 9.57. The molecule has 3 rings (SSSR count). The Morgan fingerprint density at radius 1 is 1.19 bits per heavy atom. The maximum absolute atomic E-state index is 12.3. The molecule has 3 aromatic rings. The van der Waals surface area contributed by atoms with Gasteiger partial charge in [-0.15, -0.1) is 36.9 Å². The number of nitrogens with one attached hydrogen (secondary N) is 1. The van der Waals surface area contributed by atoms with Crippen molar-refractivity contribution in [2.75, 3.05) is 5.32 Å². The first-order chi connectivity index (χ1) is 14.6. The number of hydrogen-bond donors (Lipinski definition) is 1. The minimum absolute atomic E-state index is 0. The quantitative estimate of drug-likeness (QED) is 0.400. The van der Waals surface area contributed by atoms with Gasteiger partial charge in [0.25, 0.3) is 5.69 Å². The summed E-state index contributed by atoms with van der Waals surface area (Å²) >= 11 is 1.27. The third-order valence-corrected chi connectivity index (χ3v) is 4.98. The van der Waals surface area contributed by atoms with Gasteiger partial charge in [-0.05, 0) is 36.4 Å². The van der Waals surface area contributed by atoms with E-state index in [1.165, 1.54) is 59.9 Å². The van der Waals surface area contributed by atoms with Gasteiger partial charge in [-0.25, -0.2) is 4.99 Å². The highest BCUT2D eigenvalue weighted by Crippen LogP contribution is 2.24. The van der Waals surface area contributed by atoms with Crippen LogP contribution in [0.1, 0.15) is 5.69 Å². The molecule has 0 saturated carbocycles. The molecule has 1 aromatic heterocycles. The van der Waals surface area contributed by atoms with Crippen molar-refractivity contribution >= 4 is 46.7 Å². The Morgan fingerprint density at radius 2 is 1.81 bits per heavy atom. The maximum atomic E-state index is 12.3. The largest absolute Gasteiger partial charge is 0.573 e. The number of rotatable bonds is 6. The Kier molecular flexibility index (Phi) is 8.00. The van der Waals surface area contributed by atoms with Crippen LogP contribution < -0.4 is 14.9 Å². The van der Waals surface area contributed by atoms with Gasteiger partial charge < -0.3 is 14.6 Å². The van der Waals surface area contributed by atoms with Crippen LogP contribution in [0.5, 0.6) is 5.75 Å². The van der Waals surface area contributed by atoms with Crippen molar-refractivity contribution in [2.24, 2.45) is 12.0 Å². The summed E-state index contributed by atoms with van der Waals surface area (Å²) in [5.41, 5.74) is 1.44. The molecule has 13 heteroatoms. The number of alkyl halides is 3. The van der Waals surface area contributed by atoms with Crippen molar-refractivity contribution in [1.82, 2.24) is 4.57 Å². The van der Waals surface area contributed by atoms with Crippen molar-refractivity contribution in [2.45, 2.75) is 12.8 Å². The number of aromatic nitrogens is 1. The lowest BCUT2D eigenvalue weighted by molar-refractivity contribution is -0.384. The minimum atomic E-state index is -4.76. The summed E-state index contributed by atoms with van der Waals surface area (Å²) in [5, 5.41) is 15.1. The molecule has 32 heavy (non-hydrogen) atoms. The highest BCUT2D eigenvalue weighted by atomic mass is 35.5. The summed E-state index contributed by atoms with van der Waals surface area (Å²) in [5.74, 6) is -0.659. The van der Waals surface area contributed by atoms with Crippen LogP contribution in [-0.2, 0) is 18.3 Å². The standard InChI is InChI=1S/C19H15F3N4O4S.ClH/c1-25-15(10-17(27)23-12-2-6-14(7-3-12)26(28)29)11-31-18(25)24-13-4-8-16(9-5-13)30-19(20,21)22;/h2-9,11H,10H2,1H3,(H,23,27);1H. The fraction of sp³-hybridized carbons (Fsp3) is 0.158. The van der Waals surface area contributed by atoms with Crippen LogP contribution in [0, 0.1) is 10.1 Å². The molecule has 0 saturated heterocycles. The minimum Gasteiger partial charge on any atom is -0.406 e. The number of ether oxygens (including phenoxy) is 1. The number of anilines is 1. The Labute approximate surface area is 189 Å². The second kappa shape index (κ2) is 10.3. The molecule has 1 N–H and O–H groups in total. The second-order valence-electron chi connectivity index (χ2n) is 6.25. The van der Waals surface area contributed by atoms with Crippen molar-refractivity contribution in [3.05, 3.63) is 74.5 Å². The van der Waals surface area contributed by atoms with Gasteiger partial charge in [-0.1, -0.05) is 0 Å². The highest BCUT2D eigenvalue weighted by Gasteiger charge is 2.30. The maximum Gasteiger partial charge on any atom is 0.573 e. The first kappa shape index (κ1) is 24.9. The van der Waals surface area contributed by atoms with E-state index in [2.05, 4.69) is 15.0 Å². The van der Waals surface area contributed by atoms with Crippen molar-refractivity contribution in [1.29, 1.82) is 0 Å². The molecule has 0 aliphatic carbocycles. The monoisotopic (exact) mass is 488 g/mol. The van der Waals surface area contributed by atoms with Crippen LogP contribution in [0.2, 0.25) is 0 Å². The number of halogens is 4. The number of amides is 1. The topological polar surface area (TPSA) is 98.8 Å². The number of benzene rings is 2. The second-order valence-corrected chi connectivity index (χ2v) is 7.09. The third kappa shape index (κ3) is 6.82. The number of carbonyl (C=O) groups excluding carboxylic acids is 1. The molecule has 0 aliphatic rings. The lowest BCUT2D eigenvalue weighted by atomic mass is 10.2. The van der Waals surface area contributed by atoms with Gasteiger partial charge in [-0.2, -0.15) is 0 Å². The van der Waals surface area contributed by atoms with Crippen LogP contribution in [0.3, 0.4) is 0 Å². The van der Waals surface area contributed by atoms with E-state index in [-0.39, 0.29) is 36.2 Å². The average molecular weight is 489 g/mol. The molecule has 0 unspecified atom stereocenters. The summed E-state index contributed by atoms with van der Waals surface area (Å²) in [6.45, 7) is 0. The van der Waals surface area contributed by atoms with Crippen molar-refractivity contribution in [3.8, 4) is 5.75 Å². The first-order valence-electron chi connectivity index (χ1n) is 8.69. The number of nitrogens with zero attached hydrogens (tertiary/aromatic N) is 3. The van der Waals surface area contributed by atoms with Gasteiger partial charge >= 0.3 is 6.36 Å². The Bertz CT molecular complexity index is 1160. The van der Waals surface area contributed by atoms with Gasteiger partial charge in [-0.3, -0.25) is 14.9 Å². The van der Waals surface area contributed by atoms with Gasteiger partial charge in [0.05, 0.1) is 17.0 Å². The smallest absolute Gasteiger partial charge is 0.406 e. The molecule has 0 spiro atoms. The molecular formula is C19H16ClF3N4O4S. The molecule has 1 amide bonds. The number of nitro groups is 1. The summed E-state index contributed by atoms with van der Waals surface area (Å²) < 4.78 is 42.2. The van der Waals surface area contributed by atoms with E-state index < -0.39 is 11.3 Å². The fourth-order valence-electron chi connectivity index (χ4n) is 2.53. The molecule has 0 bridgehead atoms. The lowest BCUT2D eigenvalue weighted by Gasteiger charge is -2.08. The van der Waals surface area contributed by atoms with Gasteiger partial charge in [0, 0.05) is 35.9 Å². The molecule has 0 atom stereocenters. The molecule has 0 aliphatic heterocycles. The predicted molar refractivity (Wildman–Crippen MR) is 114 cm³/mol. The SMILES string of the molecule is Cl.Cn1c(CC(=O)Nc2ccc([N+](=O)[O-])cc2)csc1=Nc1ccc(OC(F)(F)F)cc1. The van der Waals surface area contributed by atoms with Crippen molar-refractivity contribution < 1.29 is 27.6 Å². The summed E-state index contributed by atoms with van der Waals surface area (Å²) in [6, 6.07) is 10.6. The lowest BCUT2D eigenvalue weighted by Crippen LogP contribution is -2.19. The zero-order chi connectivity index (χ0) is 22.6. The number of thiazole rings is 1. The number of carbonyl (C=O) groups is 1. The zero-order valence-electron chi connectivity index (χ0n) is 16.3.